The fourth-order valence-electron chi connectivity index (χ4n) is 1.07. The van der Waals surface area contributed by atoms with Crippen LogP contribution in [0.4, 0.5) is 5.13 Å². The van der Waals surface area contributed by atoms with Crippen LogP contribution in [-0.2, 0) is 0 Å². The molecule has 0 aromatic carbocycles. The lowest BCUT2D eigenvalue weighted by Crippen LogP contribution is -2.22. The highest BCUT2D eigenvalue weighted by Crippen LogP contribution is 2.18. The zero-order valence-electron chi connectivity index (χ0n) is 8.03. The highest BCUT2D eigenvalue weighted by atomic mass is 32.1. The molecular formula is C8H15N3S. The molecule has 3 nitrogen and oxygen atoms in total. The first kappa shape index (κ1) is 9.45. The Balaban J connectivity index is 2.58. The lowest BCUT2D eigenvalue weighted by atomic mass is 10.2. The quantitative estimate of drug-likeness (QED) is 0.720. The molecule has 1 aromatic rings. The van der Waals surface area contributed by atoms with Gasteiger partial charge in [-0.05, 0) is 12.8 Å². The van der Waals surface area contributed by atoms with E-state index >= 15 is 0 Å². The number of aromatic nitrogens is 2. The van der Waals surface area contributed by atoms with Crippen LogP contribution in [-0.4, -0.2) is 23.8 Å². The van der Waals surface area contributed by atoms with E-state index in [1.807, 2.05) is 6.92 Å². The van der Waals surface area contributed by atoms with Crippen LogP contribution in [0.25, 0.3) is 0 Å². The molecule has 4 heteroatoms. The van der Waals surface area contributed by atoms with Gasteiger partial charge >= 0.3 is 0 Å². The third-order valence-corrected chi connectivity index (χ3v) is 2.43. The van der Waals surface area contributed by atoms with Crippen molar-refractivity contribution < 1.29 is 0 Å². The Bertz CT molecular complexity index is 244. The Labute approximate surface area is 77.4 Å². The Morgan fingerprint density at radius 3 is 2.50 bits per heavy atom. The summed E-state index contributed by atoms with van der Waals surface area (Å²) in [5.74, 6) is 0.666. The molecule has 0 radical (unpaired) electrons. The lowest BCUT2D eigenvalue weighted by molar-refractivity contribution is 0.636. The first-order valence-electron chi connectivity index (χ1n) is 4.11. The summed E-state index contributed by atoms with van der Waals surface area (Å²) in [6.07, 6.45) is 0. The molecule has 0 aliphatic heterocycles. The van der Waals surface area contributed by atoms with Gasteiger partial charge in [0, 0.05) is 13.6 Å². The van der Waals surface area contributed by atoms with Crippen LogP contribution in [0.1, 0.15) is 18.9 Å². The van der Waals surface area contributed by atoms with Gasteiger partial charge in [-0.1, -0.05) is 25.2 Å². The topological polar surface area (TPSA) is 29.0 Å². The van der Waals surface area contributed by atoms with Gasteiger partial charge in [-0.25, -0.2) is 0 Å². The summed E-state index contributed by atoms with van der Waals surface area (Å²) in [7, 11) is 2.06. The highest BCUT2D eigenvalue weighted by molar-refractivity contribution is 7.15. The summed E-state index contributed by atoms with van der Waals surface area (Å²) in [6, 6.07) is 0. The summed E-state index contributed by atoms with van der Waals surface area (Å²) >= 11 is 1.64. The number of anilines is 1. The van der Waals surface area contributed by atoms with Crippen molar-refractivity contribution in [3.05, 3.63) is 5.01 Å². The van der Waals surface area contributed by atoms with Crippen molar-refractivity contribution in [2.24, 2.45) is 5.92 Å². The van der Waals surface area contributed by atoms with Crippen LogP contribution in [0, 0.1) is 12.8 Å². The molecule has 0 bridgehead atoms. The Morgan fingerprint density at radius 2 is 2.08 bits per heavy atom. The lowest BCUT2D eigenvalue weighted by Gasteiger charge is -2.16. The second kappa shape index (κ2) is 3.85. The number of aryl methyl sites for hydroxylation is 1. The van der Waals surface area contributed by atoms with Crippen molar-refractivity contribution in [2.45, 2.75) is 20.8 Å². The van der Waals surface area contributed by atoms with Crippen molar-refractivity contribution >= 4 is 16.5 Å². The van der Waals surface area contributed by atoms with Crippen LogP contribution in [0.5, 0.6) is 0 Å². The monoisotopic (exact) mass is 185 g/mol. The average molecular weight is 185 g/mol. The standard InChI is InChI=1S/C8H15N3S/c1-6(2)5-11(4)8-10-9-7(3)12-8/h6H,5H2,1-4H3. The van der Waals surface area contributed by atoms with Gasteiger partial charge in [-0.2, -0.15) is 0 Å². The van der Waals surface area contributed by atoms with E-state index in [1.165, 1.54) is 0 Å². The fourth-order valence-corrected chi connectivity index (χ4v) is 1.72. The van der Waals surface area contributed by atoms with Gasteiger partial charge in [-0.3, -0.25) is 0 Å². The fraction of sp³-hybridized carbons (Fsp3) is 0.750. The molecular weight excluding hydrogens is 170 g/mol. The molecule has 1 rings (SSSR count). The van der Waals surface area contributed by atoms with Crippen LogP contribution < -0.4 is 4.90 Å². The number of rotatable bonds is 3. The molecule has 12 heavy (non-hydrogen) atoms. The van der Waals surface area contributed by atoms with Gasteiger partial charge in [0.1, 0.15) is 5.01 Å². The first-order valence-corrected chi connectivity index (χ1v) is 4.92. The Morgan fingerprint density at radius 1 is 1.42 bits per heavy atom. The minimum absolute atomic E-state index is 0.666. The second-order valence-corrected chi connectivity index (χ2v) is 4.54. The molecule has 0 atom stereocenters. The van der Waals surface area contributed by atoms with E-state index in [-0.39, 0.29) is 0 Å². The van der Waals surface area contributed by atoms with Gasteiger partial charge in [0.2, 0.25) is 5.13 Å². The van der Waals surface area contributed by atoms with E-state index in [1.54, 1.807) is 11.3 Å². The van der Waals surface area contributed by atoms with Crippen molar-refractivity contribution in [1.29, 1.82) is 0 Å². The molecule has 68 valence electrons. The summed E-state index contributed by atoms with van der Waals surface area (Å²) in [5, 5.41) is 10.1. The third kappa shape index (κ3) is 2.44. The molecule has 0 saturated heterocycles. The summed E-state index contributed by atoms with van der Waals surface area (Å²) in [4.78, 5) is 2.15. The largest absolute Gasteiger partial charge is 0.349 e. The molecule has 0 spiro atoms. The second-order valence-electron chi connectivity index (χ2n) is 3.38. The molecule has 0 aliphatic rings. The number of nitrogens with zero attached hydrogens (tertiary/aromatic N) is 3. The van der Waals surface area contributed by atoms with Crippen molar-refractivity contribution in [3.8, 4) is 0 Å². The maximum absolute atomic E-state index is 4.06. The molecule has 1 heterocycles. The minimum atomic E-state index is 0.666. The molecule has 0 fully saturated rings. The van der Waals surface area contributed by atoms with E-state index in [2.05, 4.69) is 36.0 Å². The first-order chi connectivity index (χ1) is 5.59. The van der Waals surface area contributed by atoms with Gasteiger partial charge in [0.05, 0.1) is 0 Å². The SMILES string of the molecule is Cc1nnc(N(C)CC(C)C)s1. The van der Waals surface area contributed by atoms with E-state index in [0.717, 1.165) is 16.7 Å². The molecule has 1 aromatic heterocycles. The maximum Gasteiger partial charge on any atom is 0.208 e. The zero-order chi connectivity index (χ0) is 9.14. The zero-order valence-corrected chi connectivity index (χ0v) is 8.85. The molecule has 0 N–H and O–H groups in total. The molecule has 0 saturated carbocycles. The van der Waals surface area contributed by atoms with Gasteiger partial charge in [-0.15, -0.1) is 10.2 Å². The van der Waals surface area contributed by atoms with Crippen molar-refractivity contribution in [1.82, 2.24) is 10.2 Å². The highest BCUT2D eigenvalue weighted by Gasteiger charge is 2.07. The predicted molar refractivity (Wildman–Crippen MR) is 52.8 cm³/mol. The van der Waals surface area contributed by atoms with Crippen molar-refractivity contribution in [2.75, 3.05) is 18.5 Å². The van der Waals surface area contributed by atoms with Gasteiger partial charge in [0.25, 0.3) is 0 Å². The third-order valence-electron chi connectivity index (χ3n) is 1.48. The summed E-state index contributed by atoms with van der Waals surface area (Å²) in [5.41, 5.74) is 0. The molecule has 0 unspecified atom stereocenters. The van der Waals surface area contributed by atoms with E-state index in [0.29, 0.717) is 5.92 Å². The van der Waals surface area contributed by atoms with Crippen LogP contribution in [0.2, 0.25) is 0 Å². The summed E-state index contributed by atoms with van der Waals surface area (Å²) < 4.78 is 0. The van der Waals surface area contributed by atoms with Crippen molar-refractivity contribution in [3.63, 3.8) is 0 Å². The minimum Gasteiger partial charge on any atom is -0.349 e. The normalized spacial score (nSPS) is 10.8. The van der Waals surface area contributed by atoms with E-state index in [4.69, 9.17) is 0 Å². The van der Waals surface area contributed by atoms with E-state index in [9.17, 15) is 0 Å². The maximum atomic E-state index is 4.06. The predicted octanol–water partition coefficient (Wildman–Crippen LogP) is 1.94. The molecule has 0 amide bonds. The van der Waals surface area contributed by atoms with Crippen LogP contribution >= 0.6 is 11.3 Å². The average Bonchev–Trinajstić information content (AvgIpc) is 2.34. The van der Waals surface area contributed by atoms with Crippen LogP contribution in [0.15, 0.2) is 0 Å². The smallest absolute Gasteiger partial charge is 0.208 e. The Kier molecular flexibility index (Phi) is 3.03. The van der Waals surface area contributed by atoms with Gasteiger partial charge in [0.15, 0.2) is 0 Å². The number of hydrogen-bond acceptors (Lipinski definition) is 4. The Hall–Kier alpha value is -0.640. The van der Waals surface area contributed by atoms with Crippen LogP contribution in [0.3, 0.4) is 0 Å². The van der Waals surface area contributed by atoms with Gasteiger partial charge < -0.3 is 4.90 Å². The number of hydrogen-bond donors (Lipinski definition) is 0. The molecule has 0 aliphatic carbocycles. The van der Waals surface area contributed by atoms with E-state index < -0.39 is 0 Å². The summed E-state index contributed by atoms with van der Waals surface area (Å²) in [6.45, 7) is 7.41.